The maximum absolute atomic E-state index is 13.0. The molecular formula is C9H9BrClF2NO. The second kappa shape index (κ2) is 5.44. The topological polar surface area (TPSA) is 46.2 Å². The summed E-state index contributed by atoms with van der Waals surface area (Å²) in [6.07, 6.45) is 1.32. The van der Waals surface area contributed by atoms with E-state index in [9.17, 15) is 13.9 Å². The van der Waals surface area contributed by atoms with Crippen LogP contribution in [0.15, 0.2) is 23.2 Å². The first kappa shape index (κ1) is 14.3. The fourth-order valence-corrected chi connectivity index (χ4v) is 1.41. The highest BCUT2D eigenvalue weighted by molar-refractivity contribution is 9.10. The third kappa shape index (κ3) is 2.68. The molecule has 1 rings (SSSR count). The SMILES string of the molecule is C=C[C@H](N)c1cc(Br)c(F)c(F)c1O.Cl. The van der Waals surface area contributed by atoms with Crippen LogP contribution < -0.4 is 5.73 Å². The van der Waals surface area contributed by atoms with Crippen LogP contribution in [-0.4, -0.2) is 5.11 Å². The molecule has 0 saturated heterocycles. The van der Waals surface area contributed by atoms with Crippen molar-refractivity contribution in [1.29, 1.82) is 0 Å². The number of benzene rings is 1. The Morgan fingerprint density at radius 1 is 1.47 bits per heavy atom. The summed E-state index contributed by atoms with van der Waals surface area (Å²) in [6, 6.07) is 0.487. The molecule has 0 radical (unpaired) electrons. The lowest BCUT2D eigenvalue weighted by Crippen LogP contribution is -2.08. The van der Waals surface area contributed by atoms with Crippen LogP contribution in [-0.2, 0) is 0 Å². The third-order valence-corrected chi connectivity index (χ3v) is 2.36. The second-order valence-corrected chi connectivity index (χ2v) is 3.54. The minimum atomic E-state index is -1.31. The van der Waals surface area contributed by atoms with Crippen LogP contribution in [0.2, 0.25) is 0 Å². The molecule has 1 atom stereocenters. The van der Waals surface area contributed by atoms with Crippen molar-refractivity contribution in [2.75, 3.05) is 0 Å². The summed E-state index contributed by atoms with van der Waals surface area (Å²) in [6.45, 7) is 3.39. The van der Waals surface area contributed by atoms with E-state index in [2.05, 4.69) is 22.5 Å². The number of phenols is 1. The minimum absolute atomic E-state index is 0. The molecule has 0 aromatic heterocycles. The van der Waals surface area contributed by atoms with Crippen LogP contribution in [0.25, 0.3) is 0 Å². The van der Waals surface area contributed by atoms with Gasteiger partial charge in [0, 0.05) is 5.56 Å². The van der Waals surface area contributed by atoms with Crippen molar-refractivity contribution in [2.45, 2.75) is 6.04 Å². The van der Waals surface area contributed by atoms with E-state index in [-0.39, 0.29) is 22.4 Å². The van der Waals surface area contributed by atoms with Gasteiger partial charge < -0.3 is 10.8 Å². The highest BCUT2D eigenvalue weighted by Crippen LogP contribution is 2.32. The fourth-order valence-electron chi connectivity index (χ4n) is 0.985. The lowest BCUT2D eigenvalue weighted by atomic mass is 10.1. The van der Waals surface area contributed by atoms with Crippen molar-refractivity contribution in [3.63, 3.8) is 0 Å². The average molecular weight is 301 g/mol. The summed E-state index contributed by atoms with van der Waals surface area (Å²) in [5, 5.41) is 9.24. The van der Waals surface area contributed by atoms with Gasteiger partial charge in [0.15, 0.2) is 11.6 Å². The predicted molar refractivity (Wildman–Crippen MR) is 60.1 cm³/mol. The van der Waals surface area contributed by atoms with Gasteiger partial charge in [-0.3, -0.25) is 0 Å². The van der Waals surface area contributed by atoms with Crippen LogP contribution in [0.4, 0.5) is 8.78 Å². The van der Waals surface area contributed by atoms with Gasteiger partial charge in [-0.15, -0.1) is 19.0 Å². The zero-order valence-electron chi connectivity index (χ0n) is 7.51. The number of hydrogen-bond donors (Lipinski definition) is 2. The van der Waals surface area contributed by atoms with Crippen LogP contribution in [0, 0.1) is 11.6 Å². The number of hydrogen-bond acceptors (Lipinski definition) is 2. The van der Waals surface area contributed by atoms with Gasteiger partial charge in [-0.05, 0) is 22.0 Å². The largest absolute Gasteiger partial charge is 0.505 e. The Kier molecular flexibility index (Phi) is 5.20. The van der Waals surface area contributed by atoms with Crippen LogP contribution in [0.5, 0.6) is 5.75 Å². The monoisotopic (exact) mass is 299 g/mol. The van der Waals surface area contributed by atoms with Crippen molar-refractivity contribution in [1.82, 2.24) is 0 Å². The summed E-state index contributed by atoms with van der Waals surface area (Å²) in [5.74, 6) is -3.23. The molecule has 0 fully saturated rings. The lowest BCUT2D eigenvalue weighted by Gasteiger charge is -2.11. The lowest BCUT2D eigenvalue weighted by molar-refractivity contribution is 0.398. The average Bonchev–Trinajstić information content (AvgIpc) is 2.19. The third-order valence-electron chi connectivity index (χ3n) is 1.78. The van der Waals surface area contributed by atoms with Crippen molar-refractivity contribution in [3.8, 4) is 5.75 Å². The zero-order valence-corrected chi connectivity index (χ0v) is 9.91. The van der Waals surface area contributed by atoms with Gasteiger partial charge in [-0.2, -0.15) is 4.39 Å². The van der Waals surface area contributed by atoms with E-state index < -0.39 is 23.4 Å². The standard InChI is InChI=1S/C9H8BrF2NO.ClH/c1-2-6(13)4-3-5(10)7(11)8(12)9(4)14;/h2-3,6,14H,1,13H2;1H/t6-;/m0./s1. The van der Waals surface area contributed by atoms with E-state index in [1.165, 1.54) is 12.1 Å². The van der Waals surface area contributed by atoms with Crippen molar-refractivity contribution in [3.05, 3.63) is 40.4 Å². The first-order valence-electron chi connectivity index (χ1n) is 3.73. The first-order chi connectivity index (χ1) is 6.49. The van der Waals surface area contributed by atoms with Gasteiger partial charge in [0.25, 0.3) is 0 Å². The predicted octanol–water partition coefficient (Wildman–Crippen LogP) is 3.04. The molecule has 0 heterocycles. The summed E-state index contributed by atoms with van der Waals surface area (Å²) in [7, 11) is 0. The Bertz CT molecular complexity index is 387. The summed E-state index contributed by atoms with van der Waals surface area (Å²) >= 11 is 2.81. The maximum atomic E-state index is 13.0. The molecule has 0 bridgehead atoms. The van der Waals surface area contributed by atoms with Gasteiger partial charge >= 0.3 is 0 Å². The van der Waals surface area contributed by atoms with Crippen LogP contribution >= 0.6 is 28.3 Å². The van der Waals surface area contributed by atoms with E-state index in [1.54, 1.807) is 0 Å². The van der Waals surface area contributed by atoms with Gasteiger partial charge in [-0.25, -0.2) is 4.39 Å². The van der Waals surface area contributed by atoms with Gasteiger partial charge in [0.2, 0.25) is 5.82 Å². The Labute approximate surface area is 100 Å². The molecule has 1 aromatic carbocycles. The second-order valence-electron chi connectivity index (χ2n) is 2.69. The molecule has 84 valence electrons. The van der Waals surface area contributed by atoms with E-state index >= 15 is 0 Å². The van der Waals surface area contributed by atoms with Gasteiger partial charge in [0.05, 0.1) is 10.5 Å². The molecular weight excluding hydrogens is 291 g/mol. The molecule has 3 N–H and O–H groups in total. The normalized spacial score (nSPS) is 11.7. The van der Waals surface area contributed by atoms with Crippen LogP contribution in [0.1, 0.15) is 11.6 Å². The molecule has 0 amide bonds. The van der Waals surface area contributed by atoms with E-state index in [4.69, 9.17) is 5.73 Å². The molecule has 0 aliphatic carbocycles. The van der Waals surface area contributed by atoms with Gasteiger partial charge in [0.1, 0.15) is 0 Å². The molecule has 0 spiro atoms. The first-order valence-corrected chi connectivity index (χ1v) is 4.52. The molecule has 2 nitrogen and oxygen atoms in total. The fraction of sp³-hybridized carbons (Fsp3) is 0.111. The Hall–Kier alpha value is -0.650. The number of aromatic hydroxyl groups is 1. The smallest absolute Gasteiger partial charge is 0.201 e. The molecule has 0 saturated carbocycles. The number of rotatable bonds is 2. The van der Waals surface area contributed by atoms with Crippen molar-refractivity contribution in [2.24, 2.45) is 5.73 Å². The molecule has 0 aliphatic heterocycles. The summed E-state index contributed by atoms with van der Waals surface area (Å²) < 4.78 is 25.8. The number of halogens is 4. The van der Waals surface area contributed by atoms with Gasteiger partial charge in [-0.1, -0.05) is 6.08 Å². The summed E-state index contributed by atoms with van der Waals surface area (Å²) in [5.41, 5.74) is 5.58. The Morgan fingerprint density at radius 3 is 2.47 bits per heavy atom. The zero-order chi connectivity index (χ0) is 10.9. The van der Waals surface area contributed by atoms with E-state index in [0.717, 1.165) is 0 Å². The molecule has 15 heavy (non-hydrogen) atoms. The van der Waals surface area contributed by atoms with Crippen molar-refractivity contribution < 1.29 is 13.9 Å². The highest BCUT2D eigenvalue weighted by Gasteiger charge is 2.18. The quantitative estimate of drug-likeness (QED) is 0.651. The van der Waals surface area contributed by atoms with E-state index in [1.807, 2.05) is 0 Å². The molecule has 0 aliphatic rings. The molecule has 1 aromatic rings. The van der Waals surface area contributed by atoms with Crippen molar-refractivity contribution >= 4 is 28.3 Å². The number of nitrogens with two attached hydrogens (primary N) is 1. The molecule has 6 heteroatoms. The van der Waals surface area contributed by atoms with E-state index in [0.29, 0.717) is 0 Å². The molecule has 0 unspecified atom stereocenters. The summed E-state index contributed by atoms with van der Waals surface area (Å²) in [4.78, 5) is 0. The highest BCUT2D eigenvalue weighted by atomic mass is 79.9. The maximum Gasteiger partial charge on any atom is 0.201 e. The Balaban J connectivity index is 0.00000196. The minimum Gasteiger partial charge on any atom is -0.505 e. The van der Waals surface area contributed by atoms with Crippen LogP contribution in [0.3, 0.4) is 0 Å². The number of phenolic OH excluding ortho intramolecular Hbond substituents is 1. The Morgan fingerprint density at radius 2 is 2.00 bits per heavy atom.